The molecule has 6 nitrogen and oxygen atoms in total. The Hall–Kier alpha value is -1.70. The first-order valence-corrected chi connectivity index (χ1v) is 13.0. The van der Waals surface area contributed by atoms with Gasteiger partial charge >= 0.3 is 0 Å². The van der Waals surface area contributed by atoms with Gasteiger partial charge in [0.15, 0.2) is 0 Å². The van der Waals surface area contributed by atoms with Crippen molar-refractivity contribution in [2.45, 2.75) is 76.0 Å². The number of rotatable bonds is 7. The zero-order valence-corrected chi connectivity index (χ0v) is 18.8. The first-order chi connectivity index (χ1) is 14.4. The quantitative estimate of drug-likeness (QED) is 0.727. The molecular formula is C23H33N3O3S. The Morgan fingerprint density at radius 2 is 1.87 bits per heavy atom. The van der Waals surface area contributed by atoms with Crippen LogP contribution in [0.15, 0.2) is 36.4 Å². The van der Waals surface area contributed by atoms with Crippen LogP contribution in [-0.2, 0) is 27.6 Å². The third-order valence-electron chi connectivity index (χ3n) is 6.53. The highest BCUT2D eigenvalue weighted by atomic mass is 32.2. The molecule has 1 N–H and O–H groups in total. The summed E-state index contributed by atoms with van der Waals surface area (Å²) in [5.41, 5.74) is 3.66. The minimum absolute atomic E-state index is 0.101. The Kier molecular flexibility index (Phi) is 6.60. The second kappa shape index (κ2) is 9.20. The summed E-state index contributed by atoms with van der Waals surface area (Å²) in [7, 11) is -3.29. The van der Waals surface area contributed by atoms with Crippen molar-refractivity contribution in [3.8, 4) is 0 Å². The summed E-state index contributed by atoms with van der Waals surface area (Å²) >= 11 is 0. The van der Waals surface area contributed by atoms with E-state index in [1.165, 1.54) is 17.5 Å². The van der Waals surface area contributed by atoms with Gasteiger partial charge in [-0.15, -0.1) is 0 Å². The summed E-state index contributed by atoms with van der Waals surface area (Å²) < 4.78 is 35.0. The van der Waals surface area contributed by atoms with Gasteiger partial charge in [0, 0.05) is 11.7 Å². The third kappa shape index (κ3) is 5.13. The number of hydrogen-bond donors (Lipinski definition) is 1. The summed E-state index contributed by atoms with van der Waals surface area (Å²) in [5.74, 6) is 0.616. The van der Waals surface area contributed by atoms with Crippen molar-refractivity contribution >= 4 is 10.0 Å². The van der Waals surface area contributed by atoms with Crippen LogP contribution in [0.1, 0.15) is 67.9 Å². The molecule has 2 aromatic rings. The summed E-state index contributed by atoms with van der Waals surface area (Å²) in [4.78, 5) is 0. The van der Waals surface area contributed by atoms with Crippen LogP contribution in [0, 0.1) is 0 Å². The van der Waals surface area contributed by atoms with Crippen LogP contribution in [0.5, 0.6) is 0 Å². The lowest BCUT2D eigenvalue weighted by atomic mass is 9.83. The number of aryl methyl sites for hydroxylation is 2. The van der Waals surface area contributed by atoms with Gasteiger partial charge in [0.1, 0.15) is 0 Å². The highest BCUT2D eigenvalue weighted by molar-refractivity contribution is 7.88. The van der Waals surface area contributed by atoms with Crippen LogP contribution >= 0.6 is 0 Å². The van der Waals surface area contributed by atoms with Gasteiger partial charge < -0.3 is 4.74 Å². The Bertz CT molecular complexity index is 934. The average Bonchev–Trinajstić information content (AvgIpc) is 3.16. The van der Waals surface area contributed by atoms with Gasteiger partial charge in [-0.1, -0.05) is 37.3 Å². The van der Waals surface area contributed by atoms with Gasteiger partial charge in [-0.2, -0.15) is 5.10 Å². The predicted octanol–water partition coefficient (Wildman–Crippen LogP) is 3.59. The number of sulfonamides is 1. The SMILES string of the molecule is CCc1cc2n(n1)C(CO[C@H]1CC[C@@H](c3ccccc3)CC1)C(NS(C)(=O)=O)CC2. The molecule has 0 saturated heterocycles. The highest BCUT2D eigenvalue weighted by Crippen LogP contribution is 2.35. The van der Waals surface area contributed by atoms with Gasteiger partial charge in [-0.3, -0.25) is 4.68 Å². The second-order valence-electron chi connectivity index (χ2n) is 8.75. The summed E-state index contributed by atoms with van der Waals surface area (Å²) in [5, 5.41) is 4.75. The first kappa shape index (κ1) is 21.5. The largest absolute Gasteiger partial charge is 0.376 e. The zero-order chi connectivity index (χ0) is 21.1. The molecule has 30 heavy (non-hydrogen) atoms. The van der Waals surface area contributed by atoms with Crippen molar-refractivity contribution < 1.29 is 13.2 Å². The molecule has 1 saturated carbocycles. The van der Waals surface area contributed by atoms with E-state index < -0.39 is 10.0 Å². The fourth-order valence-corrected chi connectivity index (χ4v) is 5.75. The molecule has 1 fully saturated rings. The van der Waals surface area contributed by atoms with Crippen molar-refractivity contribution in [2.24, 2.45) is 0 Å². The highest BCUT2D eigenvalue weighted by Gasteiger charge is 2.34. The van der Waals surface area contributed by atoms with Crippen molar-refractivity contribution in [3.05, 3.63) is 53.3 Å². The summed E-state index contributed by atoms with van der Waals surface area (Å²) in [6, 6.07) is 12.6. The van der Waals surface area contributed by atoms with E-state index in [0.29, 0.717) is 12.5 Å². The van der Waals surface area contributed by atoms with Crippen LogP contribution < -0.4 is 4.72 Å². The molecule has 2 heterocycles. The van der Waals surface area contributed by atoms with Gasteiger partial charge in [-0.25, -0.2) is 13.1 Å². The smallest absolute Gasteiger partial charge is 0.209 e. The standard InChI is InChI=1S/C23H33N3O3S/c1-3-19-15-20-11-14-22(25-30(2,27)28)23(26(20)24-19)16-29-21-12-9-18(10-13-21)17-7-5-4-6-8-17/h4-8,15,18,21-23,25H,3,9-14,16H2,1-2H3/t18-,21+,22?,23?. The lowest BCUT2D eigenvalue weighted by molar-refractivity contribution is -0.00334. The molecule has 1 aromatic carbocycles. The number of hydrogen-bond acceptors (Lipinski definition) is 4. The maximum atomic E-state index is 11.9. The van der Waals surface area contributed by atoms with Gasteiger partial charge in [0.2, 0.25) is 10.0 Å². The topological polar surface area (TPSA) is 73.2 Å². The van der Waals surface area contributed by atoms with E-state index in [0.717, 1.165) is 50.6 Å². The number of aromatic nitrogens is 2. The van der Waals surface area contributed by atoms with E-state index in [2.05, 4.69) is 48.0 Å². The van der Waals surface area contributed by atoms with E-state index in [4.69, 9.17) is 9.84 Å². The van der Waals surface area contributed by atoms with Crippen LogP contribution in [0.2, 0.25) is 0 Å². The Labute approximate surface area is 180 Å². The molecule has 164 valence electrons. The minimum Gasteiger partial charge on any atom is -0.376 e. The molecule has 0 spiro atoms. The van der Waals surface area contributed by atoms with E-state index in [-0.39, 0.29) is 18.2 Å². The second-order valence-corrected chi connectivity index (χ2v) is 10.5. The van der Waals surface area contributed by atoms with Crippen LogP contribution in [0.3, 0.4) is 0 Å². The molecule has 1 aliphatic carbocycles. The number of ether oxygens (including phenoxy) is 1. The average molecular weight is 432 g/mol. The molecule has 2 aliphatic rings. The maximum Gasteiger partial charge on any atom is 0.209 e. The third-order valence-corrected chi connectivity index (χ3v) is 7.26. The number of nitrogens with one attached hydrogen (secondary N) is 1. The molecular weight excluding hydrogens is 398 g/mol. The number of benzene rings is 1. The lowest BCUT2D eigenvalue weighted by Gasteiger charge is -2.35. The fraction of sp³-hybridized carbons (Fsp3) is 0.609. The van der Waals surface area contributed by atoms with E-state index in [1.807, 2.05) is 4.68 Å². The van der Waals surface area contributed by atoms with Crippen LogP contribution in [-0.4, -0.2) is 43.2 Å². The molecule has 2 atom stereocenters. The van der Waals surface area contributed by atoms with Crippen LogP contribution in [0.25, 0.3) is 0 Å². The maximum absolute atomic E-state index is 11.9. The normalized spacial score (nSPS) is 27.0. The Morgan fingerprint density at radius 3 is 2.53 bits per heavy atom. The van der Waals surface area contributed by atoms with E-state index >= 15 is 0 Å². The summed E-state index contributed by atoms with van der Waals surface area (Å²) in [6.07, 6.45) is 8.30. The lowest BCUT2D eigenvalue weighted by Crippen LogP contribution is -2.46. The molecule has 1 aliphatic heterocycles. The molecule has 0 radical (unpaired) electrons. The summed E-state index contributed by atoms with van der Waals surface area (Å²) in [6.45, 7) is 2.59. The molecule has 0 bridgehead atoms. The van der Waals surface area contributed by atoms with Crippen molar-refractivity contribution in [2.75, 3.05) is 12.9 Å². The van der Waals surface area contributed by atoms with Gasteiger partial charge in [0.25, 0.3) is 0 Å². The van der Waals surface area contributed by atoms with E-state index in [9.17, 15) is 8.42 Å². The van der Waals surface area contributed by atoms with E-state index in [1.54, 1.807) is 0 Å². The number of fused-ring (bicyclic) bond motifs is 1. The van der Waals surface area contributed by atoms with Gasteiger partial charge in [0.05, 0.1) is 30.7 Å². The predicted molar refractivity (Wildman–Crippen MR) is 118 cm³/mol. The zero-order valence-electron chi connectivity index (χ0n) is 18.0. The minimum atomic E-state index is -3.29. The van der Waals surface area contributed by atoms with Crippen LogP contribution in [0.4, 0.5) is 0 Å². The fourth-order valence-electron chi connectivity index (χ4n) is 4.92. The van der Waals surface area contributed by atoms with Gasteiger partial charge in [-0.05, 0) is 62.5 Å². The molecule has 7 heteroatoms. The Balaban J connectivity index is 1.40. The van der Waals surface area contributed by atoms with Crippen molar-refractivity contribution in [1.82, 2.24) is 14.5 Å². The monoisotopic (exact) mass is 431 g/mol. The molecule has 4 rings (SSSR count). The first-order valence-electron chi connectivity index (χ1n) is 11.1. The van der Waals surface area contributed by atoms with Crippen molar-refractivity contribution in [3.63, 3.8) is 0 Å². The molecule has 1 aromatic heterocycles. The molecule has 0 amide bonds. The van der Waals surface area contributed by atoms with Crippen molar-refractivity contribution in [1.29, 1.82) is 0 Å². The Morgan fingerprint density at radius 1 is 1.13 bits per heavy atom. The number of nitrogens with zero attached hydrogens (tertiary/aromatic N) is 2. The molecule has 2 unspecified atom stereocenters.